The predicted molar refractivity (Wildman–Crippen MR) is 134 cm³/mol. The van der Waals surface area contributed by atoms with E-state index in [1.807, 2.05) is 18.2 Å². The molecular formula is C26H23FN6O3. The lowest BCUT2D eigenvalue weighted by atomic mass is 10.1. The molecule has 2 aromatic carbocycles. The van der Waals surface area contributed by atoms with Gasteiger partial charge in [-0.1, -0.05) is 18.2 Å². The highest BCUT2D eigenvalue weighted by Crippen LogP contribution is 2.27. The summed E-state index contributed by atoms with van der Waals surface area (Å²) in [4.78, 5) is 40.5. The molecule has 1 aliphatic heterocycles. The zero-order valence-corrected chi connectivity index (χ0v) is 19.3. The van der Waals surface area contributed by atoms with Crippen LogP contribution in [-0.4, -0.2) is 59.0 Å². The summed E-state index contributed by atoms with van der Waals surface area (Å²) < 4.78 is 19.3. The highest BCUT2D eigenvalue weighted by atomic mass is 19.1. The minimum Gasteiger partial charge on any atom is -0.421 e. The van der Waals surface area contributed by atoms with E-state index < -0.39 is 11.7 Å². The average Bonchev–Trinajstić information content (AvgIpc) is 3.35. The van der Waals surface area contributed by atoms with E-state index >= 15 is 0 Å². The number of hydrogen-bond donors (Lipinski definition) is 2. The number of nitrogens with zero attached hydrogens (tertiary/aromatic N) is 4. The van der Waals surface area contributed by atoms with E-state index in [-0.39, 0.29) is 11.3 Å². The quantitative estimate of drug-likeness (QED) is 0.281. The maximum atomic E-state index is 13.9. The summed E-state index contributed by atoms with van der Waals surface area (Å²) >= 11 is 0. The largest absolute Gasteiger partial charge is 0.421 e. The molecule has 4 heterocycles. The Hall–Kier alpha value is -4.31. The molecule has 0 bridgehead atoms. The van der Waals surface area contributed by atoms with Gasteiger partial charge in [-0.05, 0) is 35.7 Å². The van der Waals surface area contributed by atoms with Crippen LogP contribution >= 0.6 is 0 Å². The Morgan fingerprint density at radius 1 is 1.11 bits per heavy atom. The standard InChI is InChI=1S/C26H23FN6O3/c27-17-6-5-16-7-8-28-25(19(16)13-17)33-11-9-32(10-12-33)14-20(29-15-34)24-30-22-18-3-1-2-4-21(18)36-26(35)23(22)31-24/h1-8,13,15,20H,9-12,14H2,(H,29,34)(H,30,31). The van der Waals surface area contributed by atoms with Crippen LogP contribution in [0.5, 0.6) is 0 Å². The van der Waals surface area contributed by atoms with Gasteiger partial charge in [0, 0.05) is 49.7 Å². The molecule has 1 atom stereocenters. The molecule has 0 spiro atoms. The number of halogens is 1. The molecule has 36 heavy (non-hydrogen) atoms. The Kier molecular flexibility index (Phi) is 5.57. The number of carbonyl (C=O) groups is 1. The first-order valence-corrected chi connectivity index (χ1v) is 11.7. The lowest BCUT2D eigenvalue weighted by molar-refractivity contribution is -0.110. The SMILES string of the molecule is O=CNC(CN1CCN(c2nccc3ccc(F)cc23)CC1)c1nc2c([nH]1)c(=O)oc1ccccc12. The van der Waals surface area contributed by atoms with Crippen molar-refractivity contribution in [1.82, 2.24) is 25.2 Å². The molecule has 1 aliphatic rings. The Morgan fingerprint density at radius 2 is 1.94 bits per heavy atom. The molecular weight excluding hydrogens is 463 g/mol. The van der Waals surface area contributed by atoms with Crippen LogP contribution in [-0.2, 0) is 4.79 Å². The summed E-state index contributed by atoms with van der Waals surface area (Å²) in [5.41, 5.74) is 0.764. The summed E-state index contributed by atoms with van der Waals surface area (Å²) in [7, 11) is 0. The minimum absolute atomic E-state index is 0.278. The topological polar surface area (TPSA) is 107 Å². The number of fused-ring (bicyclic) bond motifs is 4. The van der Waals surface area contributed by atoms with Crippen molar-refractivity contribution >= 4 is 45.0 Å². The smallest absolute Gasteiger partial charge is 0.362 e. The number of para-hydroxylation sites is 1. The monoisotopic (exact) mass is 486 g/mol. The number of hydrogen-bond acceptors (Lipinski definition) is 7. The van der Waals surface area contributed by atoms with Crippen LogP contribution in [0.1, 0.15) is 11.9 Å². The number of H-pyrrole nitrogens is 1. The summed E-state index contributed by atoms with van der Waals surface area (Å²) in [6, 6.07) is 13.4. The van der Waals surface area contributed by atoms with E-state index in [1.165, 1.54) is 12.1 Å². The third-order valence-electron chi connectivity index (χ3n) is 6.69. The number of pyridine rings is 1. The lowest BCUT2D eigenvalue weighted by Gasteiger charge is -2.37. The molecule has 1 fully saturated rings. The van der Waals surface area contributed by atoms with Crippen LogP contribution in [0, 0.1) is 5.82 Å². The van der Waals surface area contributed by atoms with Gasteiger partial charge in [-0.2, -0.15) is 0 Å². The molecule has 3 aromatic heterocycles. The zero-order chi connectivity index (χ0) is 24.6. The van der Waals surface area contributed by atoms with Crippen LogP contribution < -0.4 is 15.8 Å². The Labute approximate surface area is 204 Å². The number of imidazole rings is 1. The third-order valence-corrected chi connectivity index (χ3v) is 6.69. The van der Waals surface area contributed by atoms with Gasteiger partial charge in [-0.25, -0.2) is 19.2 Å². The lowest BCUT2D eigenvalue weighted by Crippen LogP contribution is -2.49. The van der Waals surface area contributed by atoms with Gasteiger partial charge in [0.2, 0.25) is 6.41 Å². The molecule has 1 saturated heterocycles. The van der Waals surface area contributed by atoms with Gasteiger partial charge in [0.1, 0.15) is 28.6 Å². The normalized spacial score (nSPS) is 15.5. The molecule has 6 rings (SSSR count). The van der Waals surface area contributed by atoms with E-state index in [4.69, 9.17) is 4.42 Å². The van der Waals surface area contributed by atoms with E-state index in [2.05, 4.69) is 30.1 Å². The number of amides is 1. The first-order valence-electron chi connectivity index (χ1n) is 11.7. The van der Waals surface area contributed by atoms with E-state index in [1.54, 1.807) is 24.4 Å². The van der Waals surface area contributed by atoms with Crippen LogP contribution in [0.4, 0.5) is 10.2 Å². The maximum Gasteiger partial charge on any atom is 0.362 e. The zero-order valence-electron chi connectivity index (χ0n) is 19.3. The van der Waals surface area contributed by atoms with Crippen molar-refractivity contribution < 1.29 is 13.6 Å². The van der Waals surface area contributed by atoms with Gasteiger partial charge in [0.05, 0.1) is 6.04 Å². The number of aromatic amines is 1. The third kappa shape index (κ3) is 3.95. The average molecular weight is 487 g/mol. The summed E-state index contributed by atoms with van der Waals surface area (Å²) in [5.74, 6) is 0.977. The Bertz CT molecular complexity index is 1640. The second kappa shape index (κ2) is 9.04. The number of aromatic nitrogens is 3. The number of piperazine rings is 1. The summed E-state index contributed by atoms with van der Waals surface area (Å²) in [6.07, 6.45) is 2.39. The first-order chi connectivity index (χ1) is 17.6. The molecule has 0 aliphatic carbocycles. The highest BCUT2D eigenvalue weighted by Gasteiger charge is 2.25. The Balaban J connectivity index is 1.22. The molecule has 0 saturated carbocycles. The van der Waals surface area contributed by atoms with E-state index in [9.17, 15) is 14.0 Å². The molecule has 10 heteroatoms. The fraction of sp³-hybridized carbons (Fsp3) is 0.231. The van der Waals surface area contributed by atoms with Gasteiger partial charge < -0.3 is 19.6 Å². The molecule has 5 aromatic rings. The number of anilines is 1. The Morgan fingerprint density at radius 3 is 2.78 bits per heavy atom. The van der Waals surface area contributed by atoms with Gasteiger partial charge >= 0.3 is 5.63 Å². The van der Waals surface area contributed by atoms with Crippen LogP contribution in [0.3, 0.4) is 0 Å². The number of carbonyl (C=O) groups excluding carboxylic acids is 1. The second-order valence-corrected chi connectivity index (χ2v) is 8.86. The van der Waals surface area contributed by atoms with Crippen molar-refractivity contribution in [3.05, 3.63) is 76.8 Å². The van der Waals surface area contributed by atoms with Crippen molar-refractivity contribution in [1.29, 1.82) is 0 Å². The molecule has 9 nitrogen and oxygen atoms in total. The fourth-order valence-corrected chi connectivity index (χ4v) is 4.88. The molecule has 0 radical (unpaired) electrons. The van der Waals surface area contributed by atoms with Crippen LogP contribution in [0.25, 0.3) is 32.8 Å². The van der Waals surface area contributed by atoms with Crippen molar-refractivity contribution in [2.75, 3.05) is 37.6 Å². The van der Waals surface area contributed by atoms with Crippen LogP contribution in [0.15, 0.2) is 63.9 Å². The fourth-order valence-electron chi connectivity index (χ4n) is 4.88. The van der Waals surface area contributed by atoms with Crippen molar-refractivity contribution in [3.63, 3.8) is 0 Å². The number of benzene rings is 2. The minimum atomic E-state index is -0.500. The second-order valence-electron chi connectivity index (χ2n) is 8.86. The van der Waals surface area contributed by atoms with Crippen LogP contribution in [0.2, 0.25) is 0 Å². The van der Waals surface area contributed by atoms with Crippen molar-refractivity contribution in [3.8, 4) is 0 Å². The first kappa shape index (κ1) is 22.2. The summed E-state index contributed by atoms with van der Waals surface area (Å²) in [6.45, 7) is 3.34. The number of rotatable bonds is 6. The van der Waals surface area contributed by atoms with Crippen molar-refractivity contribution in [2.24, 2.45) is 0 Å². The molecule has 2 N–H and O–H groups in total. The molecule has 1 unspecified atom stereocenters. The molecule has 1 amide bonds. The van der Waals surface area contributed by atoms with Gasteiger partial charge in [0.15, 0.2) is 5.52 Å². The van der Waals surface area contributed by atoms with E-state index in [0.29, 0.717) is 43.0 Å². The maximum absolute atomic E-state index is 13.9. The molecule has 182 valence electrons. The number of nitrogens with one attached hydrogen (secondary N) is 2. The van der Waals surface area contributed by atoms with E-state index in [0.717, 1.165) is 35.1 Å². The predicted octanol–water partition coefficient (Wildman–Crippen LogP) is 2.97. The van der Waals surface area contributed by atoms with Gasteiger partial charge in [0.25, 0.3) is 0 Å². The van der Waals surface area contributed by atoms with Crippen molar-refractivity contribution in [2.45, 2.75) is 6.04 Å². The highest BCUT2D eigenvalue weighted by molar-refractivity contribution is 6.00. The summed E-state index contributed by atoms with van der Waals surface area (Å²) in [5, 5.41) is 5.30. The van der Waals surface area contributed by atoms with Gasteiger partial charge in [-0.15, -0.1) is 0 Å². The van der Waals surface area contributed by atoms with Gasteiger partial charge in [-0.3, -0.25) is 9.69 Å².